The van der Waals surface area contributed by atoms with Gasteiger partial charge in [0, 0.05) is 28.8 Å². The summed E-state index contributed by atoms with van der Waals surface area (Å²) < 4.78 is 45.0. The van der Waals surface area contributed by atoms with Crippen LogP contribution in [0.5, 0.6) is 0 Å². The van der Waals surface area contributed by atoms with E-state index in [1.165, 1.54) is 12.1 Å². The molecule has 1 saturated carbocycles. The summed E-state index contributed by atoms with van der Waals surface area (Å²) in [6.07, 6.45) is -3.51. The van der Waals surface area contributed by atoms with Crippen LogP contribution in [0.15, 0.2) is 18.2 Å². The molecule has 0 radical (unpaired) electrons. The zero-order chi connectivity index (χ0) is 20.9. The zero-order valence-electron chi connectivity index (χ0n) is 15.9. The van der Waals surface area contributed by atoms with Crippen molar-refractivity contribution in [3.05, 3.63) is 32.9 Å². The normalized spacial score (nSPS) is 19.0. The number of carbonyl (C=O) groups excluding carboxylic acids is 2. The SMILES string of the molecule is CC(C)(C)OC(=O)N1CCN(C(=O)c2ccc(I)c(C(F)(F)F)c2)C2(CC2)C1. The van der Waals surface area contributed by atoms with E-state index in [1.807, 2.05) is 0 Å². The molecule has 2 aliphatic rings. The van der Waals surface area contributed by atoms with E-state index in [0.717, 1.165) is 6.07 Å². The Bertz CT molecular complexity index is 801. The van der Waals surface area contributed by atoms with Gasteiger partial charge in [-0.3, -0.25) is 4.79 Å². The summed E-state index contributed by atoms with van der Waals surface area (Å²) in [4.78, 5) is 28.5. The Balaban J connectivity index is 1.77. The van der Waals surface area contributed by atoms with Gasteiger partial charge in [0.15, 0.2) is 0 Å². The average molecular weight is 510 g/mol. The highest BCUT2D eigenvalue weighted by atomic mass is 127. The van der Waals surface area contributed by atoms with Gasteiger partial charge in [0.05, 0.1) is 11.1 Å². The molecule has 2 fully saturated rings. The molecule has 1 saturated heterocycles. The van der Waals surface area contributed by atoms with Crippen LogP contribution < -0.4 is 0 Å². The number of ether oxygens (including phenoxy) is 1. The molecular formula is C19H22F3IN2O3. The van der Waals surface area contributed by atoms with Gasteiger partial charge in [-0.1, -0.05) is 0 Å². The summed E-state index contributed by atoms with van der Waals surface area (Å²) in [7, 11) is 0. The van der Waals surface area contributed by atoms with Gasteiger partial charge in [-0.25, -0.2) is 4.79 Å². The minimum atomic E-state index is -4.51. The van der Waals surface area contributed by atoms with E-state index in [2.05, 4.69) is 0 Å². The highest BCUT2D eigenvalue weighted by Gasteiger charge is 2.54. The molecule has 0 bridgehead atoms. The number of hydrogen-bond donors (Lipinski definition) is 0. The Kier molecular flexibility index (Phi) is 5.35. The van der Waals surface area contributed by atoms with Crippen LogP contribution >= 0.6 is 22.6 Å². The Morgan fingerprint density at radius 3 is 2.32 bits per heavy atom. The van der Waals surface area contributed by atoms with Crippen LogP contribution in [0.3, 0.4) is 0 Å². The second-order valence-electron chi connectivity index (χ2n) is 8.28. The van der Waals surface area contributed by atoms with Gasteiger partial charge < -0.3 is 14.5 Å². The number of piperazine rings is 1. The van der Waals surface area contributed by atoms with Crippen LogP contribution in [-0.2, 0) is 10.9 Å². The molecule has 1 aromatic carbocycles. The Morgan fingerprint density at radius 1 is 1.14 bits per heavy atom. The van der Waals surface area contributed by atoms with E-state index in [1.54, 1.807) is 53.2 Å². The van der Waals surface area contributed by atoms with Crippen molar-refractivity contribution in [2.24, 2.45) is 0 Å². The maximum atomic E-state index is 13.2. The number of carbonyl (C=O) groups is 2. The Labute approximate surface area is 175 Å². The molecule has 0 aromatic heterocycles. The topological polar surface area (TPSA) is 49.9 Å². The maximum Gasteiger partial charge on any atom is 0.417 e. The number of alkyl halides is 3. The predicted molar refractivity (Wildman–Crippen MR) is 105 cm³/mol. The number of hydrogen-bond acceptors (Lipinski definition) is 3. The quantitative estimate of drug-likeness (QED) is 0.522. The lowest BCUT2D eigenvalue weighted by Gasteiger charge is -2.42. The van der Waals surface area contributed by atoms with Crippen molar-refractivity contribution >= 4 is 34.6 Å². The van der Waals surface area contributed by atoms with Gasteiger partial charge in [-0.15, -0.1) is 0 Å². The van der Waals surface area contributed by atoms with E-state index in [4.69, 9.17) is 4.74 Å². The molecule has 5 nitrogen and oxygen atoms in total. The number of nitrogens with zero attached hydrogens (tertiary/aromatic N) is 2. The van der Waals surface area contributed by atoms with Crippen LogP contribution in [0.25, 0.3) is 0 Å². The van der Waals surface area contributed by atoms with Crippen molar-refractivity contribution in [1.82, 2.24) is 9.80 Å². The first-order valence-electron chi connectivity index (χ1n) is 8.99. The number of halogens is 4. The van der Waals surface area contributed by atoms with E-state index in [9.17, 15) is 22.8 Å². The second-order valence-corrected chi connectivity index (χ2v) is 9.44. The fourth-order valence-electron chi connectivity index (χ4n) is 3.38. The Morgan fingerprint density at radius 2 is 1.79 bits per heavy atom. The lowest BCUT2D eigenvalue weighted by atomic mass is 10.1. The molecule has 0 atom stereocenters. The van der Waals surface area contributed by atoms with Crippen molar-refractivity contribution in [3.63, 3.8) is 0 Å². The average Bonchev–Trinajstić information content (AvgIpc) is 3.31. The van der Waals surface area contributed by atoms with Gasteiger partial charge in [0.1, 0.15) is 5.60 Å². The standard InChI is InChI=1S/C19H22F3IN2O3/c1-17(2,3)28-16(27)24-8-9-25(18(11-24)6-7-18)15(26)12-4-5-14(23)13(10-12)19(20,21)22/h4-5,10H,6-9,11H2,1-3H3. The van der Waals surface area contributed by atoms with Crippen LogP contribution in [-0.4, -0.2) is 52.6 Å². The molecule has 1 aliphatic heterocycles. The number of amides is 2. The van der Waals surface area contributed by atoms with Crippen molar-refractivity contribution in [2.75, 3.05) is 19.6 Å². The summed E-state index contributed by atoms with van der Waals surface area (Å²) >= 11 is 1.62. The molecule has 0 N–H and O–H groups in total. The van der Waals surface area contributed by atoms with Crippen LogP contribution in [0, 0.1) is 3.57 Å². The first-order valence-corrected chi connectivity index (χ1v) is 10.1. The van der Waals surface area contributed by atoms with Crippen LogP contribution in [0.2, 0.25) is 0 Å². The van der Waals surface area contributed by atoms with E-state index in [0.29, 0.717) is 25.9 Å². The fraction of sp³-hybridized carbons (Fsp3) is 0.579. The first kappa shape index (κ1) is 21.2. The third kappa shape index (κ3) is 4.38. The Hall–Kier alpha value is -1.52. The van der Waals surface area contributed by atoms with Crippen LogP contribution in [0.4, 0.5) is 18.0 Å². The lowest BCUT2D eigenvalue weighted by Crippen LogP contribution is -2.58. The molecular weight excluding hydrogens is 488 g/mol. The maximum absolute atomic E-state index is 13.2. The smallest absolute Gasteiger partial charge is 0.417 e. The summed E-state index contributed by atoms with van der Waals surface area (Å²) in [6.45, 7) is 6.25. The van der Waals surface area contributed by atoms with E-state index < -0.39 is 34.9 Å². The first-order chi connectivity index (χ1) is 12.8. The predicted octanol–water partition coefficient (Wildman–Crippen LogP) is 4.54. The van der Waals surface area contributed by atoms with Gasteiger partial charge >= 0.3 is 12.3 Å². The summed E-state index contributed by atoms with van der Waals surface area (Å²) in [6, 6.07) is 3.66. The molecule has 1 aromatic rings. The number of benzene rings is 1. The van der Waals surface area contributed by atoms with Crippen molar-refractivity contribution in [2.45, 2.75) is 50.9 Å². The zero-order valence-corrected chi connectivity index (χ0v) is 18.1. The van der Waals surface area contributed by atoms with Crippen molar-refractivity contribution in [1.29, 1.82) is 0 Å². The van der Waals surface area contributed by atoms with Gasteiger partial charge in [-0.2, -0.15) is 13.2 Å². The molecule has 1 heterocycles. The second kappa shape index (κ2) is 7.07. The molecule has 1 spiro atoms. The van der Waals surface area contributed by atoms with Crippen molar-refractivity contribution < 1.29 is 27.5 Å². The van der Waals surface area contributed by atoms with Gasteiger partial charge in [0.25, 0.3) is 5.91 Å². The summed E-state index contributed by atoms with van der Waals surface area (Å²) in [5.41, 5.74) is -1.91. The van der Waals surface area contributed by atoms with Gasteiger partial charge in [-0.05, 0) is 74.4 Å². The molecule has 9 heteroatoms. The molecule has 154 valence electrons. The van der Waals surface area contributed by atoms with Gasteiger partial charge in [0.2, 0.25) is 0 Å². The lowest BCUT2D eigenvalue weighted by molar-refractivity contribution is -0.138. The molecule has 0 unspecified atom stereocenters. The number of rotatable bonds is 1. The van der Waals surface area contributed by atoms with E-state index in [-0.39, 0.29) is 15.7 Å². The van der Waals surface area contributed by atoms with Crippen LogP contribution in [0.1, 0.15) is 49.5 Å². The van der Waals surface area contributed by atoms with Crippen molar-refractivity contribution in [3.8, 4) is 0 Å². The minimum absolute atomic E-state index is 0.0183. The third-order valence-corrected chi connectivity index (χ3v) is 5.83. The molecule has 1 aliphatic carbocycles. The molecule has 28 heavy (non-hydrogen) atoms. The highest BCUT2D eigenvalue weighted by Crippen LogP contribution is 2.45. The third-order valence-electron chi connectivity index (χ3n) is 4.89. The minimum Gasteiger partial charge on any atom is -0.444 e. The molecule has 3 rings (SSSR count). The summed E-state index contributed by atoms with van der Waals surface area (Å²) in [5.74, 6) is -0.428. The highest BCUT2D eigenvalue weighted by molar-refractivity contribution is 14.1. The largest absolute Gasteiger partial charge is 0.444 e. The molecule has 2 amide bonds. The summed E-state index contributed by atoms with van der Waals surface area (Å²) in [5, 5.41) is 0. The van der Waals surface area contributed by atoms with E-state index >= 15 is 0 Å². The monoisotopic (exact) mass is 510 g/mol. The fourth-order valence-corrected chi connectivity index (χ4v) is 4.02.